The summed E-state index contributed by atoms with van der Waals surface area (Å²) in [7, 11) is 0. The SMILES string of the molecule is CC(C)(C)NCc1cc(Cl)cc(Cl)c1OCCC(F)(F)F. The standard InChI is InChI=1S/C14H18Cl2F3NO/c1-13(2,3)20-8-9-6-10(15)7-11(16)12(9)21-5-4-14(17,18)19/h6-7,20H,4-5,8H2,1-3H3. The van der Waals surface area contributed by atoms with Gasteiger partial charge in [-0.1, -0.05) is 23.2 Å². The minimum atomic E-state index is -4.26. The molecule has 0 unspecified atom stereocenters. The molecule has 0 radical (unpaired) electrons. The summed E-state index contributed by atoms with van der Waals surface area (Å²) in [6.45, 7) is 5.84. The van der Waals surface area contributed by atoms with Gasteiger partial charge in [0.05, 0.1) is 18.1 Å². The number of hydrogen-bond donors (Lipinski definition) is 1. The zero-order valence-electron chi connectivity index (χ0n) is 12.1. The third-order valence-electron chi connectivity index (χ3n) is 2.53. The smallest absolute Gasteiger partial charge is 0.392 e. The highest BCUT2D eigenvalue weighted by atomic mass is 35.5. The van der Waals surface area contributed by atoms with Gasteiger partial charge < -0.3 is 10.1 Å². The van der Waals surface area contributed by atoms with E-state index in [1.165, 1.54) is 6.07 Å². The maximum absolute atomic E-state index is 12.2. The van der Waals surface area contributed by atoms with Crippen LogP contribution in [0.4, 0.5) is 13.2 Å². The molecule has 0 spiro atoms. The van der Waals surface area contributed by atoms with Gasteiger partial charge in [-0.3, -0.25) is 0 Å². The fraction of sp³-hybridized carbons (Fsp3) is 0.571. The maximum atomic E-state index is 12.2. The van der Waals surface area contributed by atoms with Crippen LogP contribution in [0.3, 0.4) is 0 Å². The average molecular weight is 344 g/mol. The third kappa shape index (κ3) is 7.25. The molecule has 1 aromatic rings. The molecule has 2 nitrogen and oxygen atoms in total. The van der Waals surface area contributed by atoms with Gasteiger partial charge in [-0.05, 0) is 32.9 Å². The predicted molar refractivity (Wildman–Crippen MR) is 79.2 cm³/mol. The van der Waals surface area contributed by atoms with E-state index in [4.69, 9.17) is 27.9 Å². The molecule has 0 aliphatic heterocycles. The van der Waals surface area contributed by atoms with Crippen molar-refractivity contribution in [1.29, 1.82) is 0 Å². The van der Waals surface area contributed by atoms with Crippen molar-refractivity contribution in [1.82, 2.24) is 5.32 Å². The first kappa shape index (κ1) is 18.4. The molecule has 120 valence electrons. The van der Waals surface area contributed by atoms with Crippen LogP contribution in [-0.4, -0.2) is 18.3 Å². The van der Waals surface area contributed by atoms with Crippen molar-refractivity contribution in [2.45, 2.75) is 45.5 Å². The molecule has 0 bridgehead atoms. The van der Waals surface area contributed by atoms with Gasteiger partial charge in [-0.2, -0.15) is 13.2 Å². The molecule has 0 saturated heterocycles. The van der Waals surface area contributed by atoms with Gasteiger partial charge in [0, 0.05) is 22.7 Å². The van der Waals surface area contributed by atoms with Crippen molar-refractivity contribution in [3.8, 4) is 5.75 Å². The summed E-state index contributed by atoms with van der Waals surface area (Å²) in [5.74, 6) is 0.238. The first-order valence-corrected chi connectivity index (χ1v) is 7.16. The van der Waals surface area contributed by atoms with Gasteiger partial charge in [0.2, 0.25) is 0 Å². The molecule has 21 heavy (non-hydrogen) atoms. The molecule has 7 heteroatoms. The minimum absolute atomic E-state index is 0.155. The van der Waals surface area contributed by atoms with Crippen molar-refractivity contribution in [2.75, 3.05) is 6.61 Å². The minimum Gasteiger partial charge on any atom is -0.491 e. The lowest BCUT2D eigenvalue weighted by Gasteiger charge is -2.22. The van der Waals surface area contributed by atoms with Crippen molar-refractivity contribution in [2.24, 2.45) is 0 Å². The molecule has 0 aromatic heterocycles. The van der Waals surface area contributed by atoms with E-state index in [-0.39, 0.29) is 16.3 Å². The number of halogens is 5. The highest BCUT2D eigenvalue weighted by Gasteiger charge is 2.27. The molecule has 1 N–H and O–H groups in total. The van der Waals surface area contributed by atoms with Crippen molar-refractivity contribution >= 4 is 23.2 Å². The van der Waals surface area contributed by atoms with E-state index in [2.05, 4.69) is 5.32 Å². The van der Waals surface area contributed by atoms with Gasteiger partial charge >= 0.3 is 6.18 Å². The molecule has 0 atom stereocenters. The lowest BCUT2D eigenvalue weighted by atomic mass is 10.1. The number of ether oxygens (including phenoxy) is 1. The molecular formula is C14H18Cl2F3NO. The van der Waals surface area contributed by atoms with Crippen molar-refractivity contribution in [3.63, 3.8) is 0 Å². The number of alkyl halides is 3. The second-order valence-electron chi connectivity index (χ2n) is 5.69. The number of rotatable bonds is 5. The van der Waals surface area contributed by atoms with Gasteiger partial charge in [0.25, 0.3) is 0 Å². The molecule has 0 saturated carbocycles. The van der Waals surface area contributed by atoms with Crippen molar-refractivity contribution in [3.05, 3.63) is 27.7 Å². The van der Waals surface area contributed by atoms with E-state index in [0.717, 1.165) is 0 Å². The summed E-state index contributed by atoms with van der Waals surface area (Å²) in [5.41, 5.74) is 0.475. The Morgan fingerprint density at radius 2 is 1.76 bits per heavy atom. The van der Waals surface area contributed by atoms with Crippen LogP contribution in [0.25, 0.3) is 0 Å². The molecule has 0 aliphatic carbocycles. The van der Waals surface area contributed by atoms with Crippen LogP contribution >= 0.6 is 23.2 Å². The molecule has 0 heterocycles. The van der Waals surface area contributed by atoms with Crippen LogP contribution in [0.2, 0.25) is 10.0 Å². The van der Waals surface area contributed by atoms with E-state index in [9.17, 15) is 13.2 Å². The fourth-order valence-corrected chi connectivity index (χ4v) is 2.13. The van der Waals surface area contributed by atoms with Gasteiger partial charge in [0.1, 0.15) is 5.75 Å². The monoisotopic (exact) mass is 343 g/mol. The Labute approximate surface area is 132 Å². The molecule has 1 aromatic carbocycles. The fourth-order valence-electron chi connectivity index (χ4n) is 1.54. The molecule has 0 aliphatic rings. The molecule has 0 fully saturated rings. The second kappa shape index (κ2) is 7.07. The first-order valence-electron chi connectivity index (χ1n) is 6.40. The lowest BCUT2D eigenvalue weighted by molar-refractivity contribution is -0.139. The highest BCUT2D eigenvalue weighted by molar-refractivity contribution is 6.35. The Morgan fingerprint density at radius 3 is 2.29 bits per heavy atom. The lowest BCUT2D eigenvalue weighted by Crippen LogP contribution is -2.35. The van der Waals surface area contributed by atoms with Gasteiger partial charge in [-0.15, -0.1) is 0 Å². The quantitative estimate of drug-likeness (QED) is 0.791. The Hall–Kier alpha value is -0.650. The summed E-state index contributed by atoms with van der Waals surface area (Å²) < 4.78 is 41.8. The first-order chi connectivity index (χ1) is 9.48. The van der Waals surface area contributed by atoms with E-state index in [1.807, 2.05) is 20.8 Å². The van der Waals surface area contributed by atoms with Crippen LogP contribution in [0, 0.1) is 0 Å². The zero-order chi connectivity index (χ0) is 16.3. The number of nitrogens with one attached hydrogen (secondary N) is 1. The molecular weight excluding hydrogens is 326 g/mol. The van der Waals surface area contributed by atoms with Crippen molar-refractivity contribution < 1.29 is 17.9 Å². The van der Waals surface area contributed by atoms with Crippen LogP contribution in [0.5, 0.6) is 5.75 Å². The van der Waals surface area contributed by atoms with E-state index >= 15 is 0 Å². The van der Waals surface area contributed by atoms with Crippen LogP contribution in [-0.2, 0) is 6.54 Å². The summed E-state index contributed by atoms with van der Waals surface area (Å²) in [5, 5.41) is 3.84. The Bertz CT molecular complexity index is 484. The Morgan fingerprint density at radius 1 is 1.14 bits per heavy atom. The number of benzene rings is 1. The van der Waals surface area contributed by atoms with E-state index in [1.54, 1.807) is 6.07 Å². The van der Waals surface area contributed by atoms with Gasteiger partial charge in [-0.25, -0.2) is 0 Å². The molecule has 0 amide bonds. The van der Waals surface area contributed by atoms with Crippen LogP contribution < -0.4 is 10.1 Å². The summed E-state index contributed by atoms with van der Waals surface area (Å²) in [4.78, 5) is 0. The predicted octanol–water partition coefficient (Wildman–Crippen LogP) is 5.21. The summed E-state index contributed by atoms with van der Waals surface area (Å²) in [6.07, 6.45) is -5.29. The molecule has 1 rings (SSSR count). The zero-order valence-corrected chi connectivity index (χ0v) is 13.6. The maximum Gasteiger partial charge on any atom is 0.392 e. The van der Waals surface area contributed by atoms with Gasteiger partial charge in [0.15, 0.2) is 0 Å². The van der Waals surface area contributed by atoms with Crippen LogP contribution in [0.15, 0.2) is 12.1 Å². The third-order valence-corrected chi connectivity index (χ3v) is 3.03. The van der Waals surface area contributed by atoms with E-state index in [0.29, 0.717) is 17.1 Å². The second-order valence-corrected chi connectivity index (χ2v) is 6.54. The topological polar surface area (TPSA) is 21.3 Å². The summed E-state index contributed by atoms with van der Waals surface area (Å²) in [6, 6.07) is 3.09. The Balaban J connectivity index is 2.85. The Kier molecular flexibility index (Phi) is 6.20. The normalized spacial score (nSPS) is 12.6. The van der Waals surface area contributed by atoms with E-state index < -0.39 is 19.2 Å². The highest BCUT2D eigenvalue weighted by Crippen LogP contribution is 2.33. The summed E-state index contributed by atoms with van der Waals surface area (Å²) >= 11 is 11.9. The average Bonchev–Trinajstić information content (AvgIpc) is 2.26. The number of hydrogen-bond acceptors (Lipinski definition) is 2. The van der Waals surface area contributed by atoms with Crippen LogP contribution in [0.1, 0.15) is 32.8 Å². The largest absolute Gasteiger partial charge is 0.491 e.